The van der Waals surface area contributed by atoms with E-state index >= 15 is 0 Å². The summed E-state index contributed by atoms with van der Waals surface area (Å²) in [5.74, 6) is -1.54. The van der Waals surface area contributed by atoms with Crippen LogP contribution in [0.1, 0.15) is 6.92 Å². The molecule has 0 aromatic carbocycles. The highest BCUT2D eigenvalue weighted by molar-refractivity contribution is 7.51. The fourth-order valence-corrected chi connectivity index (χ4v) is 2.46. The summed E-state index contributed by atoms with van der Waals surface area (Å²) in [5, 5.41) is 9.44. The molecule has 3 aliphatic rings. The third-order valence-electron chi connectivity index (χ3n) is 1.75. The Balaban J connectivity index is 1.72. The Hall–Kier alpha value is -0.230. The summed E-state index contributed by atoms with van der Waals surface area (Å²) in [6.45, 7) is 5.74. The largest absolute Gasteiger partial charge is 0.488 e. The molecule has 1 N–H and O–H groups in total. The molecule has 1 atom stereocenters. The maximum Gasteiger partial charge on any atom is 0.488 e. The number of phosphoric acid groups is 1. The molecule has 1 unspecified atom stereocenters. The SMILES string of the molecule is C=C(C)COCC(O)C12OP(=O)(O1)O2. The third kappa shape index (κ3) is 1.54. The first kappa shape index (κ1) is 10.3. The van der Waals surface area contributed by atoms with Gasteiger partial charge in [0.25, 0.3) is 0 Å². The van der Waals surface area contributed by atoms with Gasteiger partial charge in [0.2, 0.25) is 0 Å². The highest BCUT2D eigenvalue weighted by Crippen LogP contribution is 2.80. The highest BCUT2D eigenvalue weighted by atomic mass is 31.2. The molecule has 0 spiro atoms. The van der Waals surface area contributed by atoms with Crippen LogP contribution in [0.25, 0.3) is 0 Å². The van der Waals surface area contributed by atoms with Gasteiger partial charge in [-0.15, -0.1) is 0 Å². The van der Waals surface area contributed by atoms with Crippen molar-refractivity contribution in [3.05, 3.63) is 12.2 Å². The van der Waals surface area contributed by atoms with Crippen LogP contribution >= 0.6 is 7.82 Å². The molecule has 2 bridgehead atoms. The summed E-state index contributed by atoms with van der Waals surface area (Å²) in [4.78, 5) is 0. The molecule has 7 heteroatoms. The van der Waals surface area contributed by atoms with Crippen molar-refractivity contribution in [2.24, 2.45) is 0 Å². The molecule has 3 fully saturated rings. The molecule has 0 aromatic rings. The third-order valence-corrected chi connectivity index (χ3v) is 3.18. The molecule has 0 aliphatic carbocycles. The van der Waals surface area contributed by atoms with Crippen LogP contribution < -0.4 is 0 Å². The molecule has 3 saturated heterocycles. The van der Waals surface area contributed by atoms with E-state index in [0.717, 1.165) is 5.57 Å². The number of hydrogen-bond donors (Lipinski definition) is 1. The van der Waals surface area contributed by atoms with Crippen molar-refractivity contribution in [2.75, 3.05) is 13.2 Å². The quantitative estimate of drug-likeness (QED) is 0.547. The predicted octanol–water partition coefficient (Wildman–Crippen LogP) is 0.779. The van der Waals surface area contributed by atoms with Gasteiger partial charge in [-0.2, -0.15) is 0 Å². The number of ether oxygens (including phenoxy) is 1. The van der Waals surface area contributed by atoms with Gasteiger partial charge in [-0.1, -0.05) is 12.2 Å². The van der Waals surface area contributed by atoms with E-state index in [4.69, 9.17) is 4.74 Å². The summed E-state index contributed by atoms with van der Waals surface area (Å²) in [5.41, 5.74) is 0.838. The topological polar surface area (TPSA) is 74.2 Å². The maximum atomic E-state index is 10.8. The molecule has 3 aliphatic heterocycles. The fourth-order valence-electron chi connectivity index (χ4n) is 1.12. The zero-order valence-corrected chi connectivity index (χ0v) is 8.53. The van der Waals surface area contributed by atoms with Crippen molar-refractivity contribution in [1.82, 2.24) is 0 Å². The molecule has 14 heavy (non-hydrogen) atoms. The summed E-state index contributed by atoms with van der Waals surface area (Å²) >= 11 is 0. The second-order valence-electron chi connectivity index (χ2n) is 3.31. The molecular weight excluding hydrogens is 211 g/mol. The predicted molar refractivity (Wildman–Crippen MR) is 45.2 cm³/mol. The van der Waals surface area contributed by atoms with E-state index in [-0.39, 0.29) is 6.61 Å². The van der Waals surface area contributed by atoms with Gasteiger partial charge in [0.05, 0.1) is 13.2 Å². The number of aliphatic hydroxyl groups is 1. The highest BCUT2D eigenvalue weighted by Gasteiger charge is 2.78. The Morgan fingerprint density at radius 1 is 1.64 bits per heavy atom. The van der Waals surface area contributed by atoms with Crippen LogP contribution in [0.15, 0.2) is 12.2 Å². The molecule has 3 rings (SSSR count). The van der Waals surface area contributed by atoms with Crippen LogP contribution in [-0.4, -0.2) is 30.4 Å². The monoisotopic (exact) mass is 222 g/mol. The van der Waals surface area contributed by atoms with E-state index in [1.165, 1.54) is 0 Å². The van der Waals surface area contributed by atoms with Gasteiger partial charge in [-0.3, -0.25) is 0 Å². The van der Waals surface area contributed by atoms with Gasteiger partial charge < -0.3 is 9.84 Å². The second kappa shape index (κ2) is 3.13. The Bertz CT molecular complexity index is 287. The molecule has 0 radical (unpaired) electrons. The van der Waals surface area contributed by atoms with Crippen molar-refractivity contribution in [2.45, 2.75) is 19.0 Å². The standard InChI is InChI=1S/C7H11O6P/c1-5(2)3-10-4-6(8)7-11-14(9,12-7)13-7/h6,8H,1,3-4H2,2H3. The first-order valence-electron chi connectivity index (χ1n) is 4.08. The van der Waals surface area contributed by atoms with Gasteiger partial charge in [-0.05, 0) is 6.92 Å². The summed E-state index contributed by atoms with van der Waals surface area (Å²) < 4.78 is 29.9. The van der Waals surface area contributed by atoms with E-state index < -0.39 is 19.9 Å². The lowest BCUT2D eigenvalue weighted by molar-refractivity contribution is -0.460. The van der Waals surface area contributed by atoms with Crippen molar-refractivity contribution < 1.29 is 28.0 Å². The minimum absolute atomic E-state index is 0.0210. The van der Waals surface area contributed by atoms with Crippen LogP contribution in [0.5, 0.6) is 0 Å². The summed E-state index contributed by atoms with van der Waals surface area (Å²) in [6.07, 6.45) is -1.10. The summed E-state index contributed by atoms with van der Waals surface area (Å²) in [6, 6.07) is 0. The van der Waals surface area contributed by atoms with E-state index in [1.807, 2.05) is 0 Å². The number of aliphatic hydroxyl groups excluding tert-OH is 1. The Labute approximate surface area is 81.0 Å². The molecule has 0 amide bonds. The lowest BCUT2D eigenvalue weighted by Gasteiger charge is -2.56. The zero-order valence-electron chi connectivity index (χ0n) is 7.63. The first-order chi connectivity index (χ1) is 6.46. The second-order valence-corrected chi connectivity index (χ2v) is 4.75. The van der Waals surface area contributed by atoms with Crippen LogP contribution in [0.2, 0.25) is 0 Å². The fraction of sp³-hybridized carbons (Fsp3) is 0.714. The Kier molecular flexibility index (Phi) is 2.30. The normalized spacial score (nSPS) is 41.0. The summed E-state index contributed by atoms with van der Waals surface area (Å²) in [7, 11) is -3.23. The number of hydrogen-bond acceptors (Lipinski definition) is 6. The lowest BCUT2D eigenvalue weighted by Crippen LogP contribution is -2.65. The zero-order chi connectivity index (χ0) is 10.4. The minimum atomic E-state index is -3.23. The van der Waals surface area contributed by atoms with Crippen molar-refractivity contribution in [1.29, 1.82) is 0 Å². The maximum absolute atomic E-state index is 10.8. The van der Waals surface area contributed by atoms with Gasteiger partial charge in [0.15, 0.2) is 6.10 Å². The molecule has 6 nitrogen and oxygen atoms in total. The van der Waals surface area contributed by atoms with Gasteiger partial charge in [-0.25, -0.2) is 18.1 Å². The van der Waals surface area contributed by atoms with Crippen molar-refractivity contribution in [3.8, 4) is 0 Å². The van der Waals surface area contributed by atoms with Crippen LogP contribution in [0, 0.1) is 0 Å². The van der Waals surface area contributed by atoms with Crippen molar-refractivity contribution >= 4 is 7.82 Å². The van der Waals surface area contributed by atoms with Crippen molar-refractivity contribution in [3.63, 3.8) is 0 Å². The lowest BCUT2D eigenvalue weighted by atomic mass is 10.3. The van der Waals surface area contributed by atoms with E-state index in [1.54, 1.807) is 6.92 Å². The van der Waals surface area contributed by atoms with Crippen LogP contribution in [0.3, 0.4) is 0 Å². The Morgan fingerprint density at radius 3 is 2.64 bits per heavy atom. The van der Waals surface area contributed by atoms with Crippen LogP contribution in [-0.2, 0) is 22.9 Å². The van der Waals surface area contributed by atoms with E-state index in [2.05, 4.69) is 20.2 Å². The van der Waals surface area contributed by atoms with E-state index in [0.29, 0.717) is 6.61 Å². The molecule has 0 saturated carbocycles. The molecule has 80 valence electrons. The van der Waals surface area contributed by atoms with Gasteiger partial charge in [0, 0.05) is 0 Å². The Morgan fingerprint density at radius 2 is 2.21 bits per heavy atom. The van der Waals surface area contributed by atoms with Crippen LogP contribution in [0.4, 0.5) is 0 Å². The minimum Gasteiger partial charge on any atom is -0.382 e. The van der Waals surface area contributed by atoms with Gasteiger partial charge >= 0.3 is 13.8 Å². The number of rotatable bonds is 5. The average Bonchev–Trinajstić information content (AvgIpc) is 1.96. The molecule has 0 aromatic heterocycles. The number of phosphoric ester groups is 1. The smallest absolute Gasteiger partial charge is 0.382 e. The van der Waals surface area contributed by atoms with E-state index in [9.17, 15) is 9.67 Å². The molecular formula is C7H11O6P. The first-order valence-corrected chi connectivity index (χ1v) is 5.54. The average molecular weight is 222 g/mol. The molecule has 3 heterocycles. The van der Waals surface area contributed by atoms with Gasteiger partial charge in [0.1, 0.15) is 0 Å².